The summed E-state index contributed by atoms with van der Waals surface area (Å²) < 4.78 is 54.8. The van der Waals surface area contributed by atoms with Crippen LogP contribution in [-0.2, 0) is 54.0 Å². The molecule has 0 N–H and O–H groups in total. The number of ether oxygens (including phenoxy) is 10. The quantitative estimate of drug-likeness (QED) is 0.118. The fraction of sp³-hybridized carbons (Fsp3) is 0.793. The molecular formula is C29H53NO10. The average Bonchev–Trinajstić information content (AvgIpc) is 2.96. The second-order valence-corrected chi connectivity index (χ2v) is 8.85. The molecule has 0 radical (unpaired) electrons. The van der Waals surface area contributed by atoms with Crippen molar-refractivity contribution >= 4 is 0 Å². The van der Waals surface area contributed by atoms with Gasteiger partial charge in [0.2, 0.25) is 0 Å². The highest BCUT2D eigenvalue weighted by Crippen LogP contribution is 2.00. The molecule has 1 rings (SSSR count). The minimum atomic E-state index is 0.524. The molecule has 0 aliphatic rings. The maximum absolute atomic E-state index is 5.56. The van der Waals surface area contributed by atoms with Gasteiger partial charge in [-0.05, 0) is 19.7 Å². The molecule has 11 heteroatoms. The van der Waals surface area contributed by atoms with E-state index in [1.165, 1.54) is 0 Å². The first kappa shape index (κ1) is 36.8. The smallest absolute Gasteiger partial charge is 0.0718 e. The van der Waals surface area contributed by atoms with Crippen LogP contribution >= 0.6 is 0 Å². The Labute approximate surface area is 241 Å². The van der Waals surface area contributed by atoms with Crippen LogP contribution in [0, 0.1) is 0 Å². The Morgan fingerprint density at radius 3 is 0.950 bits per heavy atom. The second-order valence-electron chi connectivity index (χ2n) is 8.85. The summed E-state index contributed by atoms with van der Waals surface area (Å²) in [6, 6.07) is 10.1. The Balaban J connectivity index is 1.62. The third kappa shape index (κ3) is 28.3. The minimum Gasteiger partial charge on any atom is -0.378 e. The van der Waals surface area contributed by atoms with Gasteiger partial charge in [0.1, 0.15) is 0 Å². The van der Waals surface area contributed by atoms with Crippen molar-refractivity contribution in [2.24, 2.45) is 0 Å². The fourth-order valence-electron chi connectivity index (χ4n) is 2.99. The van der Waals surface area contributed by atoms with Crippen molar-refractivity contribution in [3.05, 3.63) is 35.9 Å². The number of benzene rings is 1. The highest BCUT2D eigenvalue weighted by molar-refractivity contribution is 5.13. The fourth-order valence-corrected chi connectivity index (χ4v) is 2.99. The van der Waals surface area contributed by atoms with Gasteiger partial charge in [0.05, 0.1) is 132 Å². The molecule has 0 spiro atoms. The minimum absolute atomic E-state index is 0.524. The van der Waals surface area contributed by atoms with E-state index in [1.807, 2.05) is 44.4 Å². The van der Waals surface area contributed by atoms with Crippen LogP contribution in [0.1, 0.15) is 5.56 Å². The van der Waals surface area contributed by atoms with E-state index in [0.29, 0.717) is 126 Å². The van der Waals surface area contributed by atoms with Crippen molar-refractivity contribution in [3.8, 4) is 0 Å². The van der Waals surface area contributed by atoms with Crippen molar-refractivity contribution in [2.75, 3.05) is 146 Å². The lowest BCUT2D eigenvalue weighted by Crippen LogP contribution is -2.19. The Kier molecular flexibility index (Phi) is 28.3. The molecule has 0 bridgehead atoms. The molecule has 0 unspecified atom stereocenters. The van der Waals surface area contributed by atoms with Crippen LogP contribution < -0.4 is 0 Å². The van der Waals surface area contributed by atoms with Crippen LogP contribution in [0.5, 0.6) is 0 Å². The summed E-state index contributed by atoms with van der Waals surface area (Å²) in [4.78, 5) is 2.08. The van der Waals surface area contributed by atoms with Crippen LogP contribution in [0.4, 0.5) is 0 Å². The Morgan fingerprint density at radius 2 is 0.650 bits per heavy atom. The summed E-state index contributed by atoms with van der Waals surface area (Å²) in [6.45, 7) is 12.0. The van der Waals surface area contributed by atoms with Crippen LogP contribution in [0.15, 0.2) is 30.3 Å². The van der Waals surface area contributed by atoms with Crippen molar-refractivity contribution in [2.45, 2.75) is 6.61 Å². The molecule has 0 saturated carbocycles. The summed E-state index contributed by atoms with van der Waals surface area (Å²) >= 11 is 0. The van der Waals surface area contributed by atoms with Crippen LogP contribution in [0.25, 0.3) is 0 Å². The normalized spacial score (nSPS) is 11.6. The van der Waals surface area contributed by atoms with Gasteiger partial charge in [-0.3, -0.25) is 0 Å². The summed E-state index contributed by atoms with van der Waals surface area (Å²) in [5.41, 5.74) is 1.16. The van der Waals surface area contributed by atoms with Gasteiger partial charge in [0, 0.05) is 6.54 Å². The van der Waals surface area contributed by atoms with E-state index < -0.39 is 0 Å². The van der Waals surface area contributed by atoms with Gasteiger partial charge < -0.3 is 52.3 Å². The Morgan fingerprint density at radius 1 is 0.375 bits per heavy atom. The van der Waals surface area contributed by atoms with Gasteiger partial charge >= 0.3 is 0 Å². The standard InChI is InChI=1S/C29H53NO10/c1-30(2)8-9-31-10-11-32-12-13-33-14-15-34-16-17-35-18-19-36-20-21-37-22-23-38-24-25-39-26-27-40-28-29-6-4-3-5-7-29/h3-7H,8-28H2,1-2H3. The lowest BCUT2D eigenvalue weighted by Gasteiger charge is -2.10. The lowest BCUT2D eigenvalue weighted by molar-refractivity contribution is -0.0268. The van der Waals surface area contributed by atoms with Gasteiger partial charge in [-0.15, -0.1) is 0 Å². The molecule has 1 aromatic carbocycles. The number of rotatable bonds is 32. The number of hydrogen-bond donors (Lipinski definition) is 0. The van der Waals surface area contributed by atoms with E-state index in [-0.39, 0.29) is 0 Å². The largest absolute Gasteiger partial charge is 0.378 e. The zero-order valence-corrected chi connectivity index (χ0v) is 24.8. The monoisotopic (exact) mass is 575 g/mol. The molecule has 0 heterocycles. The van der Waals surface area contributed by atoms with Crippen molar-refractivity contribution < 1.29 is 47.4 Å². The summed E-state index contributed by atoms with van der Waals surface area (Å²) in [7, 11) is 4.04. The molecule has 40 heavy (non-hydrogen) atoms. The van der Waals surface area contributed by atoms with Crippen LogP contribution in [-0.4, -0.2) is 151 Å². The van der Waals surface area contributed by atoms with Crippen molar-refractivity contribution in [1.29, 1.82) is 0 Å². The van der Waals surface area contributed by atoms with Gasteiger partial charge in [-0.1, -0.05) is 30.3 Å². The molecule has 1 aromatic rings. The molecule has 0 aliphatic heterocycles. The predicted octanol–water partition coefficient (Wildman–Crippen LogP) is 1.91. The van der Waals surface area contributed by atoms with Crippen molar-refractivity contribution in [1.82, 2.24) is 4.90 Å². The Hall–Kier alpha value is -1.22. The molecule has 11 nitrogen and oxygen atoms in total. The molecule has 0 aliphatic carbocycles. The molecular weight excluding hydrogens is 522 g/mol. The first-order chi connectivity index (χ1) is 19.8. The number of nitrogens with zero attached hydrogens (tertiary/aromatic N) is 1. The molecule has 0 atom stereocenters. The first-order valence-electron chi connectivity index (χ1n) is 14.2. The molecule has 0 aromatic heterocycles. The van der Waals surface area contributed by atoms with Crippen LogP contribution in [0.3, 0.4) is 0 Å². The van der Waals surface area contributed by atoms with Gasteiger partial charge in [0.15, 0.2) is 0 Å². The highest BCUT2D eigenvalue weighted by atomic mass is 16.6. The SMILES string of the molecule is CN(C)CCOCCOCCOCCOCCOCCOCCOCCOCCOCCOCc1ccccc1. The third-order valence-electron chi connectivity index (χ3n) is 5.14. The van der Waals surface area contributed by atoms with Crippen LogP contribution in [0.2, 0.25) is 0 Å². The average molecular weight is 576 g/mol. The lowest BCUT2D eigenvalue weighted by atomic mass is 10.2. The molecule has 0 amide bonds. The zero-order valence-electron chi connectivity index (χ0n) is 24.8. The summed E-state index contributed by atoms with van der Waals surface area (Å²) in [5.74, 6) is 0. The Bertz CT molecular complexity index is 612. The summed E-state index contributed by atoms with van der Waals surface area (Å²) in [6.07, 6.45) is 0. The van der Waals surface area contributed by atoms with Gasteiger partial charge in [-0.2, -0.15) is 0 Å². The maximum Gasteiger partial charge on any atom is 0.0718 e. The first-order valence-corrected chi connectivity index (χ1v) is 14.2. The summed E-state index contributed by atoms with van der Waals surface area (Å²) in [5, 5.41) is 0. The van der Waals surface area contributed by atoms with E-state index in [1.54, 1.807) is 0 Å². The van der Waals surface area contributed by atoms with Gasteiger partial charge in [-0.25, -0.2) is 0 Å². The van der Waals surface area contributed by atoms with Crippen molar-refractivity contribution in [3.63, 3.8) is 0 Å². The molecule has 0 fully saturated rings. The van der Waals surface area contributed by atoms with E-state index in [9.17, 15) is 0 Å². The number of likely N-dealkylation sites (N-methyl/N-ethyl adjacent to an activating group) is 1. The number of hydrogen-bond acceptors (Lipinski definition) is 11. The highest BCUT2D eigenvalue weighted by Gasteiger charge is 1.97. The predicted molar refractivity (Wildman–Crippen MR) is 152 cm³/mol. The van der Waals surface area contributed by atoms with E-state index in [0.717, 1.165) is 18.7 Å². The zero-order chi connectivity index (χ0) is 28.6. The topological polar surface area (TPSA) is 95.5 Å². The third-order valence-corrected chi connectivity index (χ3v) is 5.14. The van der Waals surface area contributed by atoms with E-state index in [2.05, 4.69) is 4.90 Å². The maximum atomic E-state index is 5.56. The van der Waals surface area contributed by atoms with E-state index in [4.69, 9.17) is 47.4 Å². The molecule has 0 saturated heterocycles. The van der Waals surface area contributed by atoms with E-state index >= 15 is 0 Å². The molecule has 234 valence electrons. The second kappa shape index (κ2) is 30.7. The van der Waals surface area contributed by atoms with Gasteiger partial charge in [0.25, 0.3) is 0 Å².